The van der Waals surface area contributed by atoms with Gasteiger partial charge in [-0.2, -0.15) is 0 Å². The van der Waals surface area contributed by atoms with Gasteiger partial charge in [0, 0.05) is 0 Å². The van der Waals surface area contributed by atoms with Gasteiger partial charge in [-0.25, -0.2) is 4.79 Å². The minimum atomic E-state index is -0.400. The van der Waals surface area contributed by atoms with Crippen LogP contribution in [0.1, 0.15) is 15.9 Å². The maximum Gasteiger partial charge on any atom is 0.337 e. The minimum Gasteiger partial charge on any atom is -0.465 e. The highest BCUT2D eigenvalue weighted by atomic mass is 16.5. The number of benzene rings is 2. The number of nitrogens with two attached hydrogens (primary N) is 1. The molecule has 2 aromatic carbocycles. The van der Waals surface area contributed by atoms with E-state index in [-0.39, 0.29) is 12.3 Å². The molecule has 5 heteroatoms. The van der Waals surface area contributed by atoms with E-state index in [0.29, 0.717) is 16.9 Å². The van der Waals surface area contributed by atoms with Gasteiger partial charge >= 0.3 is 5.97 Å². The van der Waals surface area contributed by atoms with Gasteiger partial charge in [-0.3, -0.25) is 4.79 Å². The molecule has 0 atom stereocenters. The molecule has 0 fully saturated rings. The Kier molecular flexibility index (Phi) is 4.56. The molecule has 0 saturated carbocycles. The monoisotopic (exact) mass is 284 g/mol. The fourth-order valence-corrected chi connectivity index (χ4v) is 1.87. The van der Waals surface area contributed by atoms with Crippen molar-refractivity contribution in [2.45, 2.75) is 6.42 Å². The molecule has 0 aliphatic rings. The number of amides is 1. The van der Waals surface area contributed by atoms with Gasteiger partial charge in [0.25, 0.3) is 0 Å². The molecule has 0 aliphatic heterocycles. The number of nitrogen functional groups attached to an aromatic ring is 1. The zero-order valence-electron chi connectivity index (χ0n) is 11.6. The third-order valence-electron chi connectivity index (χ3n) is 2.97. The smallest absolute Gasteiger partial charge is 0.337 e. The van der Waals surface area contributed by atoms with E-state index in [1.807, 2.05) is 0 Å². The number of methoxy groups -OCH3 is 1. The molecule has 0 saturated heterocycles. The molecule has 0 aliphatic carbocycles. The summed E-state index contributed by atoms with van der Waals surface area (Å²) in [7, 11) is 1.33. The molecule has 108 valence electrons. The summed E-state index contributed by atoms with van der Waals surface area (Å²) >= 11 is 0. The van der Waals surface area contributed by atoms with Crippen LogP contribution in [0.25, 0.3) is 0 Å². The summed E-state index contributed by atoms with van der Waals surface area (Å²) in [6.45, 7) is 0. The molecular formula is C16H16N2O3. The number of nitrogens with one attached hydrogen (secondary N) is 1. The lowest BCUT2D eigenvalue weighted by atomic mass is 10.1. The van der Waals surface area contributed by atoms with Crippen molar-refractivity contribution in [3.8, 4) is 0 Å². The fraction of sp³-hybridized carbons (Fsp3) is 0.125. The molecular weight excluding hydrogens is 268 g/mol. The predicted molar refractivity (Wildman–Crippen MR) is 81.0 cm³/mol. The van der Waals surface area contributed by atoms with Gasteiger partial charge < -0.3 is 15.8 Å². The maximum absolute atomic E-state index is 12.0. The largest absolute Gasteiger partial charge is 0.465 e. The van der Waals surface area contributed by atoms with Crippen LogP contribution in [0.3, 0.4) is 0 Å². The van der Waals surface area contributed by atoms with E-state index in [1.54, 1.807) is 48.5 Å². The van der Waals surface area contributed by atoms with Gasteiger partial charge in [0.15, 0.2) is 0 Å². The summed E-state index contributed by atoms with van der Waals surface area (Å²) in [6.07, 6.45) is 0.204. The average molecular weight is 284 g/mol. The van der Waals surface area contributed by atoms with Gasteiger partial charge in [0.05, 0.1) is 30.5 Å². The maximum atomic E-state index is 12.0. The number of ether oxygens (including phenoxy) is 1. The minimum absolute atomic E-state index is 0.168. The highest BCUT2D eigenvalue weighted by molar-refractivity contribution is 5.95. The van der Waals surface area contributed by atoms with Gasteiger partial charge in [-0.15, -0.1) is 0 Å². The van der Waals surface area contributed by atoms with Crippen molar-refractivity contribution in [3.63, 3.8) is 0 Å². The summed E-state index contributed by atoms with van der Waals surface area (Å²) in [5, 5.41) is 2.75. The molecule has 1 amide bonds. The Morgan fingerprint density at radius 1 is 1.10 bits per heavy atom. The number of carbonyl (C=O) groups excluding carboxylic acids is 2. The van der Waals surface area contributed by atoms with Crippen molar-refractivity contribution < 1.29 is 14.3 Å². The van der Waals surface area contributed by atoms with Crippen molar-refractivity contribution >= 4 is 23.3 Å². The Labute approximate surface area is 122 Å². The zero-order valence-corrected chi connectivity index (χ0v) is 11.6. The van der Waals surface area contributed by atoms with E-state index in [1.165, 1.54) is 7.11 Å². The van der Waals surface area contributed by atoms with Crippen LogP contribution in [-0.4, -0.2) is 19.0 Å². The summed E-state index contributed by atoms with van der Waals surface area (Å²) in [5.41, 5.74) is 8.13. The summed E-state index contributed by atoms with van der Waals surface area (Å²) in [5.74, 6) is -0.568. The lowest BCUT2D eigenvalue weighted by Gasteiger charge is -2.08. The van der Waals surface area contributed by atoms with Crippen LogP contribution >= 0.6 is 0 Å². The lowest BCUT2D eigenvalue weighted by molar-refractivity contribution is -0.115. The SMILES string of the molecule is COC(=O)c1ccc(CC(=O)Nc2ccccc2N)cc1. The van der Waals surface area contributed by atoms with Crippen LogP contribution in [0, 0.1) is 0 Å². The first-order valence-electron chi connectivity index (χ1n) is 6.42. The fourth-order valence-electron chi connectivity index (χ4n) is 1.87. The first kappa shape index (κ1) is 14.6. The highest BCUT2D eigenvalue weighted by Gasteiger charge is 2.08. The molecule has 3 N–H and O–H groups in total. The molecule has 0 spiro atoms. The molecule has 2 rings (SSSR count). The van der Waals surface area contributed by atoms with Crippen molar-refractivity contribution in [1.82, 2.24) is 0 Å². The second kappa shape index (κ2) is 6.56. The van der Waals surface area contributed by atoms with Gasteiger partial charge in [-0.1, -0.05) is 24.3 Å². The molecule has 0 aromatic heterocycles. The number of para-hydroxylation sites is 2. The molecule has 5 nitrogen and oxygen atoms in total. The quantitative estimate of drug-likeness (QED) is 0.666. The Morgan fingerprint density at radius 2 is 1.76 bits per heavy atom. The van der Waals surface area contributed by atoms with E-state index in [0.717, 1.165) is 5.56 Å². The van der Waals surface area contributed by atoms with Crippen molar-refractivity contribution in [1.29, 1.82) is 0 Å². The molecule has 2 aromatic rings. The van der Waals surface area contributed by atoms with Gasteiger partial charge in [0.1, 0.15) is 0 Å². The number of hydrogen-bond acceptors (Lipinski definition) is 4. The number of esters is 1. The second-order valence-electron chi connectivity index (χ2n) is 4.50. The van der Waals surface area contributed by atoms with Crippen LogP contribution in [0.5, 0.6) is 0 Å². The standard InChI is InChI=1S/C16H16N2O3/c1-21-16(20)12-8-6-11(7-9-12)10-15(19)18-14-5-3-2-4-13(14)17/h2-9H,10,17H2,1H3,(H,18,19). The number of anilines is 2. The Bertz CT molecular complexity index is 651. The van der Waals surface area contributed by atoms with Crippen molar-refractivity contribution in [2.75, 3.05) is 18.2 Å². The third kappa shape index (κ3) is 3.82. The molecule has 0 bridgehead atoms. The normalized spacial score (nSPS) is 9.95. The Hall–Kier alpha value is -2.82. The summed E-state index contributed by atoms with van der Waals surface area (Å²) in [6, 6.07) is 13.8. The van der Waals surface area contributed by atoms with E-state index >= 15 is 0 Å². The van der Waals surface area contributed by atoms with Gasteiger partial charge in [-0.05, 0) is 29.8 Å². The summed E-state index contributed by atoms with van der Waals surface area (Å²) in [4.78, 5) is 23.3. The first-order valence-corrected chi connectivity index (χ1v) is 6.42. The average Bonchev–Trinajstić information content (AvgIpc) is 2.49. The van der Waals surface area contributed by atoms with E-state index in [2.05, 4.69) is 10.1 Å². The number of carbonyl (C=O) groups is 2. The van der Waals surface area contributed by atoms with Crippen LogP contribution < -0.4 is 11.1 Å². The predicted octanol–water partition coefficient (Wildman–Crippen LogP) is 2.24. The van der Waals surface area contributed by atoms with Crippen LogP contribution in [0.15, 0.2) is 48.5 Å². The highest BCUT2D eigenvalue weighted by Crippen LogP contribution is 2.17. The van der Waals surface area contributed by atoms with Gasteiger partial charge in [0.2, 0.25) is 5.91 Å². The van der Waals surface area contributed by atoms with E-state index < -0.39 is 5.97 Å². The number of rotatable bonds is 4. The molecule has 0 heterocycles. The Balaban J connectivity index is 2.00. The van der Waals surface area contributed by atoms with E-state index in [9.17, 15) is 9.59 Å². The van der Waals surface area contributed by atoms with Crippen molar-refractivity contribution in [3.05, 3.63) is 59.7 Å². The molecule has 0 unspecified atom stereocenters. The van der Waals surface area contributed by atoms with Crippen LogP contribution in [0.4, 0.5) is 11.4 Å². The second-order valence-corrected chi connectivity index (χ2v) is 4.50. The topological polar surface area (TPSA) is 81.4 Å². The lowest BCUT2D eigenvalue weighted by Crippen LogP contribution is -2.15. The van der Waals surface area contributed by atoms with Crippen LogP contribution in [-0.2, 0) is 16.0 Å². The molecule has 0 radical (unpaired) electrons. The third-order valence-corrected chi connectivity index (χ3v) is 2.97. The van der Waals surface area contributed by atoms with E-state index in [4.69, 9.17) is 5.73 Å². The Morgan fingerprint density at radius 3 is 2.38 bits per heavy atom. The van der Waals surface area contributed by atoms with Crippen LogP contribution in [0.2, 0.25) is 0 Å². The number of hydrogen-bond donors (Lipinski definition) is 2. The first-order chi connectivity index (χ1) is 10.1. The molecule has 21 heavy (non-hydrogen) atoms. The zero-order chi connectivity index (χ0) is 15.2. The van der Waals surface area contributed by atoms with Crippen molar-refractivity contribution in [2.24, 2.45) is 0 Å². The summed E-state index contributed by atoms with van der Waals surface area (Å²) < 4.78 is 4.62.